The number of aryl methyl sites for hydroxylation is 3. The van der Waals surface area contributed by atoms with Crippen LogP contribution in [0.25, 0.3) is 0 Å². The predicted molar refractivity (Wildman–Crippen MR) is 155 cm³/mol. The number of rotatable bonds is 10. The minimum atomic E-state index is -3.72. The molecule has 1 unspecified atom stereocenters. The van der Waals surface area contributed by atoms with Crippen molar-refractivity contribution >= 4 is 33.2 Å². The Balaban J connectivity index is 1.40. The number of amides is 1. The molecule has 1 atom stereocenters. The van der Waals surface area contributed by atoms with Gasteiger partial charge in [-0.2, -0.15) is 0 Å². The van der Waals surface area contributed by atoms with Gasteiger partial charge in [-0.25, -0.2) is 18.1 Å². The molecule has 3 aromatic carbocycles. The van der Waals surface area contributed by atoms with Crippen LogP contribution in [0.4, 0.5) is 5.69 Å². The molecule has 0 bridgehead atoms. The molecule has 0 fully saturated rings. The number of fused-ring (bicyclic) bond motifs is 1. The van der Waals surface area contributed by atoms with Crippen molar-refractivity contribution in [3.63, 3.8) is 0 Å². The first-order valence-electron chi connectivity index (χ1n) is 13.1. The van der Waals surface area contributed by atoms with Crippen molar-refractivity contribution in [1.29, 1.82) is 0 Å². The van der Waals surface area contributed by atoms with Gasteiger partial charge < -0.3 is 14.2 Å². The Kier molecular flexibility index (Phi) is 8.25. The molecule has 8 nitrogen and oxygen atoms in total. The van der Waals surface area contributed by atoms with Crippen LogP contribution in [-0.2, 0) is 41.3 Å². The lowest BCUT2D eigenvalue weighted by molar-refractivity contribution is -0.120. The molecule has 4 aromatic rings. The van der Waals surface area contributed by atoms with Gasteiger partial charge in [0.25, 0.3) is 5.91 Å². The SMILES string of the molecule is CCc1ccc(S(=O)(=O)NC2CCc3ccc(N(Cc4nccn4C)C(=O)COc4ccc(Cl)cc4)cc32)cc1. The number of carbonyl (C=O) groups excluding carboxylic acids is 1. The summed E-state index contributed by atoms with van der Waals surface area (Å²) in [5.41, 5.74) is 3.64. The molecule has 0 spiro atoms. The van der Waals surface area contributed by atoms with Crippen molar-refractivity contribution in [3.8, 4) is 5.75 Å². The Morgan fingerprint density at radius 1 is 1.12 bits per heavy atom. The molecule has 40 heavy (non-hydrogen) atoms. The van der Waals surface area contributed by atoms with Gasteiger partial charge in [-0.1, -0.05) is 36.7 Å². The lowest BCUT2D eigenvalue weighted by atomic mass is 10.1. The fraction of sp³-hybridized carbons (Fsp3) is 0.267. The molecule has 10 heteroatoms. The zero-order valence-corrected chi connectivity index (χ0v) is 24.0. The van der Waals surface area contributed by atoms with Crippen LogP contribution in [0.2, 0.25) is 5.02 Å². The zero-order chi connectivity index (χ0) is 28.3. The standard InChI is InChI=1S/C30H31ClN4O4S/c1-3-21-4-13-26(14-5-21)40(37,38)33-28-15-7-22-6-10-24(18-27(22)28)35(19-29-32-16-17-34(29)2)30(36)20-39-25-11-8-23(31)9-12-25/h4-6,8-14,16-18,28,33H,3,7,15,19-20H2,1-2H3. The summed E-state index contributed by atoms with van der Waals surface area (Å²) >= 11 is 5.96. The van der Waals surface area contributed by atoms with E-state index in [-0.39, 0.29) is 24.0 Å². The van der Waals surface area contributed by atoms with Crippen molar-refractivity contribution in [2.45, 2.75) is 43.7 Å². The fourth-order valence-electron chi connectivity index (χ4n) is 4.81. The average molecular weight is 579 g/mol. The summed E-state index contributed by atoms with van der Waals surface area (Å²) in [5.74, 6) is 0.974. The molecule has 0 saturated heterocycles. The first kappa shape index (κ1) is 27.9. The van der Waals surface area contributed by atoms with Crippen molar-refractivity contribution in [2.24, 2.45) is 7.05 Å². The van der Waals surface area contributed by atoms with E-state index < -0.39 is 16.1 Å². The van der Waals surface area contributed by atoms with E-state index in [0.29, 0.717) is 28.7 Å². The van der Waals surface area contributed by atoms with Crippen LogP contribution in [-0.4, -0.2) is 30.5 Å². The topological polar surface area (TPSA) is 93.5 Å². The third-order valence-corrected chi connectivity index (χ3v) is 8.90. The normalized spacial score (nSPS) is 14.6. The Labute approximate surface area is 239 Å². The number of carbonyl (C=O) groups is 1. The fourth-order valence-corrected chi connectivity index (χ4v) is 6.18. The Morgan fingerprint density at radius 2 is 1.88 bits per heavy atom. The third kappa shape index (κ3) is 6.22. The summed E-state index contributed by atoms with van der Waals surface area (Å²) < 4.78 is 36.9. The van der Waals surface area contributed by atoms with E-state index in [1.807, 2.05) is 55.1 Å². The van der Waals surface area contributed by atoms with Crippen molar-refractivity contribution < 1.29 is 17.9 Å². The molecular weight excluding hydrogens is 548 g/mol. The Morgan fingerprint density at radius 3 is 2.55 bits per heavy atom. The van der Waals surface area contributed by atoms with Gasteiger partial charge in [0.05, 0.1) is 11.4 Å². The summed E-state index contributed by atoms with van der Waals surface area (Å²) in [4.78, 5) is 19.7. The van der Waals surface area contributed by atoms with E-state index in [0.717, 1.165) is 29.5 Å². The van der Waals surface area contributed by atoms with Crippen molar-refractivity contribution in [3.05, 3.63) is 107 Å². The number of nitrogens with one attached hydrogen (secondary N) is 1. The van der Waals surface area contributed by atoms with Crippen LogP contribution in [0.15, 0.2) is 84.0 Å². The molecule has 1 N–H and O–H groups in total. The number of hydrogen-bond donors (Lipinski definition) is 1. The number of hydrogen-bond acceptors (Lipinski definition) is 5. The van der Waals surface area contributed by atoms with Crippen LogP contribution in [0.5, 0.6) is 5.75 Å². The molecule has 1 amide bonds. The van der Waals surface area contributed by atoms with Gasteiger partial charge in [0.1, 0.15) is 11.6 Å². The van der Waals surface area contributed by atoms with Crippen LogP contribution >= 0.6 is 11.6 Å². The number of halogens is 1. The van der Waals surface area contributed by atoms with Gasteiger partial charge in [-0.15, -0.1) is 0 Å². The maximum absolute atomic E-state index is 13.5. The Bertz CT molecular complexity index is 1600. The van der Waals surface area contributed by atoms with E-state index in [1.165, 1.54) is 0 Å². The maximum atomic E-state index is 13.5. The number of sulfonamides is 1. The highest BCUT2D eigenvalue weighted by Crippen LogP contribution is 2.35. The number of aromatic nitrogens is 2. The molecule has 1 heterocycles. The minimum absolute atomic E-state index is 0.188. The molecule has 5 rings (SSSR count). The van der Waals surface area contributed by atoms with E-state index in [1.54, 1.807) is 47.5 Å². The highest BCUT2D eigenvalue weighted by Gasteiger charge is 2.29. The van der Waals surface area contributed by atoms with E-state index in [9.17, 15) is 13.2 Å². The molecule has 208 valence electrons. The molecule has 0 saturated carbocycles. The summed E-state index contributed by atoms with van der Waals surface area (Å²) in [7, 11) is -1.85. The molecular formula is C30H31ClN4O4S. The van der Waals surface area contributed by atoms with Gasteiger partial charge in [0, 0.05) is 36.2 Å². The number of anilines is 1. The predicted octanol–water partition coefficient (Wildman–Crippen LogP) is 5.21. The second-order valence-corrected chi connectivity index (χ2v) is 11.9. The number of benzene rings is 3. The van der Waals surface area contributed by atoms with Crippen LogP contribution in [0.1, 0.15) is 41.9 Å². The number of nitrogens with zero attached hydrogens (tertiary/aromatic N) is 3. The molecule has 1 aromatic heterocycles. The molecule has 1 aliphatic carbocycles. The first-order chi connectivity index (χ1) is 19.2. The van der Waals surface area contributed by atoms with E-state index in [4.69, 9.17) is 16.3 Å². The van der Waals surface area contributed by atoms with Crippen LogP contribution < -0.4 is 14.4 Å². The Hall–Kier alpha value is -3.66. The summed E-state index contributed by atoms with van der Waals surface area (Å²) in [5, 5.41) is 0.580. The smallest absolute Gasteiger partial charge is 0.265 e. The van der Waals surface area contributed by atoms with Crippen LogP contribution in [0.3, 0.4) is 0 Å². The summed E-state index contributed by atoms with van der Waals surface area (Å²) in [6, 6.07) is 19.1. The van der Waals surface area contributed by atoms with Crippen molar-refractivity contribution in [2.75, 3.05) is 11.5 Å². The minimum Gasteiger partial charge on any atom is -0.484 e. The zero-order valence-electron chi connectivity index (χ0n) is 22.4. The average Bonchev–Trinajstić information content (AvgIpc) is 3.55. The quantitative estimate of drug-likeness (QED) is 0.279. The van der Waals surface area contributed by atoms with Gasteiger partial charge in [0.2, 0.25) is 10.0 Å². The van der Waals surface area contributed by atoms with Crippen LogP contribution in [0, 0.1) is 0 Å². The number of ether oxygens (including phenoxy) is 1. The molecule has 0 aliphatic heterocycles. The molecule has 1 aliphatic rings. The summed E-state index contributed by atoms with van der Waals surface area (Å²) in [6.45, 7) is 2.07. The lowest BCUT2D eigenvalue weighted by Gasteiger charge is -2.24. The highest BCUT2D eigenvalue weighted by molar-refractivity contribution is 7.89. The van der Waals surface area contributed by atoms with E-state index >= 15 is 0 Å². The van der Waals surface area contributed by atoms with Gasteiger partial charge in [0.15, 0.2) is 6.61 Å². The second-order valence-electron chi connectivity index (χ2n) is 9.77. The lowest BCUT2D eigenvalue weighted by Crippen LogP contribution is -2.35. The second kappa shape index (κ2) is 11.8. The van der Waals surface area contributed by atoms with E-state index in [2.05, 4.69) is 9.71 Å². The summed E-state index contributed by atoms with van der Waals surface area (Å²) in [6.07, 6.45) is 5.72. The number of imidazole rings is 1. The van der Waals surface area contributed by atoms with Crippen molar-refractivity contribution in [1.82, 2.24) is 14.3 Å². The monoisotopic (exact) mass is 578 g/mol. The van der Waals surface area contributed by atoms with Gasteiger partial charge in [-0.05, 0) is 84.5 Å². The largest absolute Gasteiger partial charge is 0.484 e. The molecule has 0 radical (unpaired) electrons. The highest BCUT2D eigenvalue weighted by atomic mass is 35.5. The third-order valence-electron chi connectivity index (χ3n) is 7.16. The van der Waals surface area contributed by atoms with Gasteiger partial charge in [-0.3, -0.25) is 4.79 Å². The first-order valence-corrected chi connectivity index (χ1v) is 15.0. The maximum Gasteiger partial charge on any atom is 0.265 e. The van der Waals surface area contributed by atoms with Gasteiger partial charge >= 0.3 is 0 Å².